The minimum Gasteiger partial charge on any atom is -0.382 e. The standard InChI is InChI=1S/C13H23NOS/c1-3-9-14-12(7-5-10-15-4-2)13-8-6-11-16-13/h6,8,11-12,14H,3-5,7,9-10H2,1-2H3. The second-order valence-electron chi connectivity index (χ2n) is 3.86. The van der Waals surface area contributed by atoms with E-state index in [9.17, 15) is 0 Å². The number of ether oxygens (including phenoxy) is 1. The molecule has 0 spiro atoms. The number of nitrogens with one attached hydrogen (secondary N) is 1. The van der Waals surface area contributed by atoms with Crippen LogP contribution in [0, 0.1) is 0 Å². The molecule has 1 rings (SSSR count). The summed E-state index contributed by atoms with van der Waals surface area (Å²) in [6, 6.07) is 4.86. The van der Waals surface area contributed by atoms with Crippen LogP contribution in [-0.2, 0) is 4.74 Å². The molecular weight excluding hydrogens is 218 g/mol. The van der Waals surface area contributed by atoms with Gasteiger partial charge in [-0.1, -0.05) is 13.0 Å². The highest BCUT2D eigenvalue weighted by Crippen LogP contribution is 2.23. The zero-order valence-electron chi connectivity index (χ0n) is 10.4. The summed E-state index contributed by atoms with van der Waals surface area (Å²) >= 11 is 1.84. The van der Waals surface area contributed by atoms with Gasteiger partial charge >= 0.3 is 0 Å². The van der Waals surface area contributed by atoms with E-state index in [1.54, 1.807) is 0 Å². The van der Waals surface area contributed by atoms with E-state index in [0.717, 1.165) is 26.2 Å². The van der Waals surface area contributed by atoms with Gasteiger partial charge in [0.05, 0.1) is 0 Å². The van der Waals surface area contributed by atoms with Gasteiger partial charge in [0.1, 0.15) is 0 Å². The van der Waals surface area contributed by atoms with Crippen LogP contribution in [0.25, 0.3) is 0 Å². The fourth-order valence-corrected chi connectivity index (χ4v) is 2.52. The Balaban J connectivity index is 2.32. The molecule has 0 aliphatic rings. The molecule has 1 heterocycles. The Hall–Kier alpha value is -0.380. The molecule has 0 aliphatic carbocycles. The Labute approximate surface area is 103 Å². The number of thiophene rings is 1. The lowest BCUT2D eigenvalue weighted by Gasteiger charge is -2.16. The Bertz CT molecular complexity index is 248. The lowest BCUT2D eigenvalue weighted by atomic mass is 10.1. The van der Waals surface area contributed by atoms with Crippen molar-refractivity contribution in [3.05, 3.63) is 22.4 Å². The van der Waals surface area contributed by atoms with Crippen molar-refractivity contribution in [3.8, 4) is 0 Å². The fraction of sp³-hybridized carbons (Fsp3) is 0.692. The molecule has 0 saturated carbocycles. The molecule has 1 unspecified atom stereocenters. The summed E-state index contributed by atoms with van der Waals surface area (Å²) in [5.41, 5.74) is 0. The minimum atomic E-state index is 0.514. The van der Waals surface area contributed by atoms with Crippen molar-refractivity contribution < 1.29 is 4.74 Å². The van der Waals surface area contributed by atoms with Gasteiger partial charge in [-0.25, -0.2) is 0 Å². The molecule has 1 atom stereocenters. The topological polar surface area (TPSA) is 21.3 Å². The highest BCUT2D eigenvalue weighted by atomic mass is 32.1. The molecule has 0 bridgehead atoms. The molecule has 1 aromatic rings. The van der Waals surface area contributed by atoms with Gasteiger partial charge in [0.15, 0.2) is 0 Å². The van der Waals surface area contributed by atoms with Crippen LogP contribution in [0.15, 0.2) is 17.5 Å². The van der Waals surface area contributed by atoms with Gasteiger partial charge in [0.2, 0.25) is 0 Å². The van der Waals surface area contributed by atoms with Crippen molar-refractivity contribution in [3.63, 3.8) is 0 Å². The first-order valence-corrected chi connectivity index (χ1v) is 7.11. The van der Waals surface area contributed by atoms with Gasteiger partial charge in [0, 0.05) is 24.1 Å². The summed E-state index contributed by atoms with van der Waals surface area (Å²) in [6.45, 7) is 7.06. The maximum atomic E-state index is 5.38. The van der Waals surface area contributed by atoms with Gasteiger partial charge in [-0.3, -0.25) is 0 Å². The summed E-state index contributed by atoms with van der Waals surface area (Å²) in [5, 5.41) is 5.75. The second kappa shape index (κ2) is 8.74. The normalized spacial score (nSPS) is 12.9. The monoisotopic (exact) mass is 241 g/mol. The molecule has 0 amide bonds. The van der Waals surface area contributed by atoms with Crippen molar-refractivity contribution in [2.24, 2.45) is 0 Å². The zero-order chi connectivity index (χ0) is 11.6. The van der Waals surface area contributed by atoms with Crippen LogP contribution in [0.4, 0.5) is 0 Å². The summed E-state index contributed by atoms with van der Waals surface area (Å²) in [5.74, 6) is 0. The molecule has 92 valence electrons. The summed E-state index contributed by atoms with van der Waals surface area (Å²) in [4.78, 5) is 1.45. The van der Waals surface area contributed by atoms with E-state index in [2.05, 4.69) is 29.8 Å². The third-order valence-corrected chi connectivity index (χ3v) is 3.50. The molecule has 0 radical (unpaired) electrons. The molecule has 3 heteroatoms. The first kappa shape index (κ1) is 13.7. The van der Waals surface area contributed by atoms with Crippen molar-refractivity contribution in [2.75, 3.05) is 19.8 Å². The van der Waals surface area contributed by atoms with E-state index >= 15 is 0 Å². The first-order valence-electron chi connectivity index (χ1n) is 6.23. The third kappa shape index (κ3) is 5.10. The fourth-order valence-electron chi connectivity index (χ4n) is 1.69. The Kier molecular flexibility index (Phi) is 7.47. The molecule has 0 aromatic carbocycles. The minimum absolute atomic E-state index is 0.514. The second-order valence-corrected chi connectivity index (χ2v) is 4.84. The molecule has 16 heavy (non-hydrogen) atoms. The maximum Gasteiger partial charge on any atom is 0.0466 e. The zero-order valence-corrected chi connectivity index (χ0v) is 11.2. The van der Waals surface area contributed by atoms with Gasteiger partial charge in [-0.2, -0.15) is 0 Å². The third-order valence-electron chi connectivity index (χ3n) is 2.51. The van der Waals surface area contributed by atoms with Crippen LogP contribution in [0.2, 0.25) is 0 Å². The molecule has 2 nitrogen and oxygen atoms in total. The summed E-state index contributed by atoms with van der Waals surface area (Å²) in [7, 11) is 0. The summed E-state index contributed by atoms with van der Waals surface area (Å²) < 4.78 is 5.38. The highest BCUT2D eigenvalue weighted by Gasteiger charge is 2.10. The predicted molar refractivity (Wildman–Crippen MR) is 71.1 cm³/mol. The van der Waals surface area contributed by atoms with Gasteiger partial charge in [-0.15, -0.1) is 11.3 Å². The van der Waals surface area contributed by atoms with Crippen LogP contribution in [-0.4, -0.2) is 19.8 Å². The van der Waals surface area contributed by atoms with Gasteiger partial charge in [-0.05, 0) is 44.2 Å². The number of hydrogen-bond donors (Lipinski definition) is 1. The largest absolute Gasteiger partial charge is 0.382 e. The highest BCUT2D eigenvalue weighted by molar-refractivity contribution is 7.10. The van der Waals surface area contributed by atoms with E-state index in [4.69, 9.17) is 4.74 Å². The van der Waals surface area contributed by atoms with Crippen LogP contribution in [0.5, 0.6) is 0 Å². The van der Waals surface area contributed by atoms with Crippen LogP contribution in [0.1, 0.15) is 44.0 Å². The average molecular weight is 241 g/mol. The lowest BCUT2D eigenvalue weighted by molar-refractivity contribution is 0.141. The molecule has 1 N–H and O–H groups in total. The molecule has 0 aliphatic heterocycles. The van der Waals surface area contributed by atoms with Crippen molar-refractivity contribution >= 4 is 11.3 Å². The van der Waals surface area contributed by atoms with E-state index in [-0.39, 0.29) is 0 Å². The van der Waals surface area contributed by atoms with Crippen molar-refractivity contribution in [1.82, 2.24) is 5.32 Å². The molecular formula is C13H23NOS. The quantitative estimate of drug-likeness (QED) is 0.667. The Morgan fingerprint density at radius 2 is 2.31 bits per heavy atom. The van der Waals surface area contributed by atoms with Crippen molar-refractivity contribution in [2.45, 2.75) is 39.2 Å². The average Bonchev–Trinajstić information content (AvgIpc) is 2.82. The predicted octanol–water partition coefficient (Wildman–Crippen LogP) is 3.61. The first-order chi connectivity index (χ1) is 7.88. The van der Waals surface area contributed by atoms with E-state index in [0.29, 0.717) is 6.04 Å². The van der Waals surface area contributed by atoms with Gasteiger partial charge < -0.3 is 10.1 Å². The van der Waals surface area contributed by atoms with Crippen molar-refractivity contribution in [1.29, 1.82) is 0 Å². The smallest absolute Gasteiger partial charge is 0.0466 e. The van der Waals surface area contributed by atoms with Gasteiger partial charge in [0.25, 0.3) is 0 Å². The van der Waals surface area contributed by atoms with Crippen LogP contribution < -0.4 is 5.32 Å². The molecule has 1 aromatic heterocycles. The number of rotatable bonds is 9. The van der Waals surface area contributed by atoms with Crippen LogP contribution in [0.3, 0.4) is 0 Å². The Morgan fingerprint density at radius 1 is 1.44 bits per heavy atom. The molecule has 0 saturated heterocycles. The lowest BCUT2D eigenvalue weighted by Crippen LogP contribution is -2.21. The Morgan fingerprint density at radius 3 is 2.94 bits per heavy atom. The maximum absolute atomic E-state index is 5.38. The van der Waals surface area contributed by atoms with E-state index in [1.807, 2.05) is 18.3 Å². The van der Waals surface area contributed by atoms with E-state index < -0.39 is 0 Å². The SMILES string of the molecule is CCCNC(CCCOCC)c1cccs1. The van der Waals surface area contributed by atoms with E-state index in [1.165, 1.54) is 17.7 Å². The molecule has 0 fully saturated rings. The number of hydrogen-bond acceptors (Lipinski definition) is 3. The van der Waals surface area contributed by atoms with Crippen LogP contribution >= 0.6 is 11.3 Å². The summed E-state index contributed by atoms with van der Waals surface area (Å²) in [6.07, 6.45) is 3.49.